The van der Waals surface area contributed by atoms with Gasteiger partial charge in [-0.05, 0) is 6.92 Å². The van der Waals surface area contributed by atoms with Crippen molar-refractivity contribution in [1.29, 1.82) is 0 Å². The number of hydrogen-bond acceptors (Lipinski definition) is 9. The standard InChI is InChI=1S/C14H20O9/c1-6-11(20-7(2)15)12(21-8(3)16)13(22-9(4)17)14(19-6)23-10(5)18/h6,11-14H,1-5H3/t6-,11-,12+,13+,14+/m0/s1. The molecule has 23 heavy (non-hydrogen) atoms. The van der Waals surface area contributed by atoms with E-state index in [0.717, 1.165) is 20.8 Å². The van der Waals surface area contributed by atoms with Gasteiger partial charge in [-0.15, -0.1) is 0 Å². The Kier molecular flexibility index (Phi) is 6.49. The molecule has 0 radical (unpaired) electrons. The summed E-state index contributed by atoms with van der Waals surface area (Å²) in [4.78, 5) is 45.1. The normalized spacial score (nSPS) is 30.0. The van der Waals surface area contributed by atoms with E-state index in [9.17, 15) is 19.2 Å². The second kappa shape index (κ2) is 7.91. The molecule has 0 amide bonds. The van der Waals surface area contributed by atoms with Crippen LogP contribution in [0, 0.1) is 0 Å². The van der Waals surface area contributed by atoms with Crippen LogP contribution in [0.4, 0.5) is 0 Å². The smallest absolute Gasteiger partial charge is 0.305 e. The maximum Gasteiger partial charge on any atom is 0.305 e. The van der Waals surface area contributed by atoms with Gasteiger partial charge < -0.3 is 23.7 Å². The Bertz CT molecular complexity index is 487. The monoisotopic (exact) mass is 332 g/mol. The Morgan fingerprint density at radius 2 is 1.04 bits per heavy atom. The van der Waals surface area contributed by atoms with Gasteiger partial charge >= 0.3 is 23.9 Å². The van der Waals surface area contributed by atoms with Gasteiger partial charge in [-0.3, -0.25) is 19.2 Å². The van der Waals surface area contributed by atoms with Crippen molar-refractivity contribution in [3.63, 3.8) is 0 Å². The van der Waals surface area contributed by atoms with Gasteiger partial charge in [-0.25, -0.2) is 0 Å². The molecule has 1 saturated heterocycles. The number of rotatable bonds is 4. The number of hydrogen-bond donors (Lipinski definition) is 0. The van der Waals surface area contributed by atoms with Crippen LogP contribution in [0.1, 0.15) is 34.6 Å². The summed E-state index contributed by atoms with van der Waals surface area (Å²) in [6.45, 7) is 6.16. The molecular formula is C14H20O9. The zero-order chi connectivity index (χ0) is 17.7. The van der Waals surface area contributed by atoms with Crippen LogP contribution in [0.15, 0.2) is 0 Å². The van der Waals surface area contributed by atoms with E-state index in [-0.39, 0.29) is 0 Å². The topological polar surface area (TPSA) is 114 Å². The molecule has 1 aliphatic rings. The highest BCUT2D eigenvalue weighted by Crippen LogP contribution is 2.29. The molecule has 0 spiro atoms. The van der Waals surface area contributed by atoms with Gasteiger partial charge in [-0.2, -0.15) is 0 Å². The lowest BCUT2D eigenvalue weighted by atomic mass is 9.99. The van der Waals surface area contributed by atoms with Crippen molar-refractivity contribution in [2.24, 2.45) is 0 Å². The third-order valence-corrected chi connectivity index (χ3v) is 2.92. The van der Waals surface area contributed by atoms with Crippen molar-refractivity contribution in [2.45, 2.75) is 65.3 Å². The van der Waals surface area contributed by atoms with Crippen LogP contribution >= 0.6 is 0 Å². The molecule has 0 bridgehead atoms. The minimum atomic E-state index is -1.29. The lowest BCUT2D eigenvalue weighted by Gasteiger charge is -2.42. The van der Waals surface area contributed by atoms with Crippen molar-refractivity contribution in [3.8, 4) is 0 Å². The van der Waals surface area contributed by atoms with E-state index in [1.165, 1.54) is 6.92 Å². The molecule has 130 valence electrons. The molecule has 1 aliphatic heterocycles. The number of esters is 4. The van der Waals surface area contributed by atoms with Crippen molar-refractivity contribution >= 4 is 23.9 Å². The Morgan fingerprint density at radius 3 is 1.48 bits per heavy atom. The van der Waals surface area contributed by atoms with Crippen LogP contribution in [0.2, 0.25) is 0 Å². The summed E-state index contributed by atoms with van der Waals surface area (Å²) in [5.41, 5.74) is 0. The van der Waals surface area contributed by atoms with Gasteiger partial charge in [0.2, 0.25) is 12.4 Å². The lowest BCUT2D eigenvalue weighted by molar-refractivity contribution is -0.292. The third-order valence-electron chi connectivity index (χ3n) is 2.92. The number of carbonyl (C=O) groups excluding carboxylic acids is 4. The van der Waals surface area contributed by atoms with E-state index in [2.05, 4.69) is 0 Å². The first kappa shape index (κ1) is 18.9. The van der Waals surface area contributed by atoms with E-state index in [4.69, 9.17) is 23.7 Å². The Balaban J connectivity index is 3.15. The quantitative estimate of drug-likeness (QED) is 0.521. The zero-order valence-electron chi connectivity index (χ0n) is 13.6. The average Bonchev–Trinajstić information content (AvgIpc) is 2.36. The summed E-state index contributed by atoms with van der Waals surface area (Å²) in [5.74, 6) is -2.69. The first-order valence-electron chi connectivity index (χ1n) is 6.96. The fourth-order valence-corrected chi connectivity index (χ4v) is 2.23. The predicted molar refractivity (Wildman–Crippen MR) is 72.8 cm³/mol. The second-order valence-corrected chi connectivity index (χ2v) is 5.04. The summed E-state index contributed by atoms with van der Waals surface area (Å²) in [5, 5.41) is 0. The highest BCUT2D eigenvalue weighted by molar-refractivity contribution is 5.69. The highest BCUT2D eigenvalue weighted by atomic mass is 16.7. The zero-order valence-corrected chi connectivity index (χ0v) is 13.6. The first-order valence-corrected chi connectivity index (χ1v) is 6.96. The Morgan fingerprint density at radius 1 is 0.652 bits per heavy atom. The Labute approximate surface area is 133 Å². The molecule has 0 aromatic rings. The van der Waals surface area contributed by atoms with Crippen molar-refractivity contribution < 1.29 is 42.9 Å². The summed E-state index contributed by atoms with van der Waals surface area (Å²) in [6, 6.07) is 0. The van der Waals surface area contributed by atoms with E-state index < -0.39 is 54.6 Å². The molecular weight excluding hydrogens is 312 g/mol. The summed E-state index contributed by atoms with van der Waals surface area (Å²) in [7, 11) is 0. The summed E-state index contributed by atoms with van der Waals surface area (Å²) >= 11 is 0. The maximum atomic E-state index is 11.4. The molecule has 0 N–H and O–H groups in total. The SMILES string of the molecule is CC(=O)O[C@H]1O[C@@H](C)[C@H](OC(C)=O)[C@@H](OC(C)=O)[C@H]1OC(C)=O. The molecule has 0 aromatic heterocycles. The largest absolute Gasteiger partial charge is 0.456 e. The average molecular weight is 332 g/mol. The van der Waals surface area contributed by atoms with Gasteiger partial charge in [0.05, 0.1) is 6.10 Å². The van der Waals surface area contributed by atoms with Crippen LogP contribution in [0.3, 0.4) is 0 Å². The van der Waals surface area contributed by atoms with E-state index in [1.807, 2.05) is 0 Å². The van der Waals surface area contributed by atoms with Gasteiger partial charge in [0.1, 0.15) is 0 Å². The number of carbonyl (C=O) groups is 4. The van der Waals surface area contributed by atoms with Crippen LogP contribution in [0.25, 0.3) is 0 Å². The fourth-order valence-electron chi connectivity index (χ4n) is 2.23. The van der Waals surface area contributed by atoms with Crippen LogP contribution < -0.4 is 0 Å². The number of ether oxygens (including phenoxy) is 5. The molecule has 9 heteroatoms. The molecule has 1 rings (SSSR count). The van der Waals surface area contributed by atoms with Crippen LogP contribution in [-0.2, 0) is 42.9 Å². The van der Waals surface area contributed by atoms with Crippen molar-refractivity contribution in [1.82, 2.24) is 0 Å². The molecule has 0 aromatic carbocycles. The van der Waals surface area contributed by atoms with Crippen molar-refractivity contribution in [3.05, 3.63) is 0 Å². The van der Waals surface area contributed by atoms with Crippen LogP contribution in [0.5, 0.6) is 0 Å². The molecule has 0 aliphatic carbocycles. The van der Waals surface area contributed by atoms with E-state index >= 15 is 0 Å². The van der Waals surface area contributed by atoms with Gasteiger partial charge in [0.15, 0.2) is 12.2 Å². The first-order chi connectivity index (χ1) is 10.6. The highest BCUT2D eigenvalue weighted by Gasteiger charge is 2.51. The summed E-state index contributed by atoms with van der Waals surface area (Å²) in [6.07, 6.45) is -5.51. The minimum Gasteiger partial charge on any atom is -0.456 e. The van der Waals surface area contributed by atoms with E-state index in [0.29, 0.717) is 0 Å². The van der Waals surface area contributed by atoms with E-state index in [1.54, 1.807) is 6.92 Å². The molecule has 0 saturated carbocycles. The third kappa shape index (κ3) is 5.51. The minimum absolute atomic E-state index is 0.630. The van der Waals surface area contributed by atoms with Gasteiger partial charge in [0, 0.05) is 27.7 Å². The molecule has 9 nitrogen and oxygen atoms in total. The second-order valence-electron chi connectivity index (χ2n) is 5.04. The molecule has 5 atom stereocenters. The summed E-state index contributed by atoms with van der Waals surface area (Å²) < 4.78 is 25.7. The Hall–Kier alpha value is -2.16. The lowest BCUT2D eigenvalue weighted by Crippen LogP contribution is -2.61. The predicted octanol–water partition coefficient (Wildman–Crippen LogP) is 0.0894. The molecule has 1 heterocycles. The molecule has 1 fully saturated rings. The maximum absolute atomic E-state index is 11.4. The van der Waals surface area contributed by atoms with Gasteiger partial charge in [-0.1, -0.05) is 0 Å². The van der Waals surface area contributed by atoms with Gasteiger partial charge in [0.25, 0.3) is 0 Å². The van der Waals surface area contributed by atoms with Crippen molar-refractivity contribution in [2.75, 3.05) is 0 Å². The fraction of sp³-hybridized carbons (Fsp3) is 0.714. The van der Waals surface area contributed by atoms with Crippen LogP contribution in [-0.4, -0.2) is 54.6 Å². The molecule has 0 unspecified atom stereocenters.